The Morgan fingerprint density at radius 1 is 1.19 bits per heavy atom. The summed E-state index contributed by atoms with van der Waals surface area (Å²) >= 11 is 0. The Balaban J connectivity index is 1.82. The first-order chi connectivity index (χ1) is 10.1. The van der Waals surface area contributed by atoms with Crippen LogP contribution in [0.25, 0.3) is 0 Å². The molecular weight excluding hydrogens is 264 g/mol. The monoisotopic (exact) mass is 282 g/mol. The molecular formula is C16H18N4O. The van der Waals surface area contributed by atoms with Gasteiger partial charge in [-0.3, -0.25) is 10.1 Å². The highest BCUT2D eigenvalue weighted by Gasteiger charge is 2.13. The Labute approximate surface area is 123 Å². The fourth-order valence-electron chi connectivity index (χ4n) is 2.57. The van der Waals surface area contributed by atoms with Crippen LogP contribution >= 0.6 is 0 Å². The second kappa shape index (κ2) is 5.52. The minimum absolute atomic E-state index is 0.173. The number of nitrogens with zero attached hydrogens (tertiary/aromatic N) is 2. The molecule has 0 radical (unpaired) electrons. The standard InChI is InChI=1S/C16H18N4O/c1-10-8-11(2)19-16(18-10)20-15(21)13-5-6-14-12(9-13)4-3-7-17-14/h5-6,8-9,17H,3-4,7H2,1-2H3,(H,18,19,20,21). The van der Waals surface area contributed by atoms with E-state index in [2.05, 4.69) is 20.6 Å². The zero-order chi connectivity index (χ0) is 14.8. The summed E-state index contributed by atoms with van der Waals surface area (Å²) in [6.07, 6.45) is 2.10. The summed E-state index contributed by atoms with van der Waals surface area (Å²) in [5.41, 5.74) is 4.63. The molecule has 1 aliphatic heterocycles. The van der Waals surface area contributed by atoms with Gasteiger partial charge in [-0.05, 0) is 56.5 Å². The number of benzene rings is 1. The first-order valence-electron chi connectivity index (χ1n) is 7.12. The van der Waals surface area contributed by atoms with E-state index in [1.54, 1.807) is 0 Å². The summed E-state index contributed by atoms with van der Waals surface area (Å²) in [7, 11) is 0. The van der Waals surface area contributed by atoms with E-state index < -0.39 is 0 Å². The molecule has 0 atom stereocenters. The maximum Gasteiger partial charge on any atom is 0.258 e. The van der Waals surface area contributed by atoms with Crippen molar-refractivity contribution in [1.82, 2.24) is 9.97 Å². The molecule has 0 unspecified atom stereocenters. The third-order valence-electron chi connectivity index (χ3n) is 3.51. The molecule has 0 bridgehead atoms. The molecule has 5 nitrogen and oxygen atoms in total. The predicted octanol–water partition coefficient (Wildman–Crippen LogP) is 2.70. The topological polar surface area (TPSA) is 66.9 Å². The van der Waals surface area contributed by atoms with Crippen molar-refractivity contribution in [3.63, 3.8) is 0 Å². The Morgan fingerprint density at radius 2 is 1.95 bits per heavy atom. The SMILES string of the molecule is Cc1cc(C)nc(NC(=O)c2ccc3c(c2)CCCN3)n1. The summed E-state index contributed by atoms with van der Waals surface area (Å²) in [4.78, 5) is 20.8. The quantitative estimate of drug-likeness (QED) is 0.888. The molecule has 2 aromatic rings. The molecule has 2 N–H and O–H groups in total. The zero-order valence-corrected chi connectivity index (χ0v) is 12.2. The number of hydrogen-bond donors (Lipinski definition) is 2. The minimum Gasteiger partial charge on any atom is -0.385 e. The number of aryl methyl sites for hydroxylation is 3. The van der Waals surface area contributed by atoms with Gasteiger partial charge in [0.15, 0.2) is 0 Å². The number of hydrogen-bond acceptors (Lipinski definition) is 4. The molecule has 2 heterocycles. The average molecular weight is 282 g/mol. The maximum atomic E-state index is 12.3. The van der Waals surface area contributed by atoms with Gasteiger partial charge in [0.1, 0.15) is 0 Å². The molecule has 21 heavy (non-hydrogen) atoms. The minimum atomic E-state index is -0.173. The van der Waals surface area contributed by atoms with Gasteiger partial charge < -0.3 is 5.32 Å². The van der Waals surface area contributed by atoms with Crippen LogP contribution in [0.4, 0.5) is 11.6 Å². The number of rotatable bonds is 2. The van der Waals surface area contributed by atoms with E-state index in [1.165, 1.54) is 5.56 Å². The van der Waals surface area contributed by atoms with Gasteiger partial charge in [-0.2, -0.15) is 0 Å². The Bertz CT molecular complexity index is 676. The lowest BCUT2D eigenvalue weighted by Crippen LogP contribution is -2.17. The molecule has 1 aromatic carbocycles. The number of nitrogens with one attached hydrogen (secondary N) is 2. The smallest absolute Gasteiger partial charge is 0.258 e. The molecule has 0 aliphatic carbocycles. The third kappa shape index (κ3) is 3.02. The average Bonchev–Trinajstić information content (AvgIpc) is 2.45. The van der Waals surface area contributed by atoms with Crippen LogP contribution < -0.4 is 10.6 Å². The lowest BCUT2D eigenvalue weighted by atomic mass is 10.0. The summed E-state index contributed by atoms with van der Waals surface area (Å²) in [5.74, 6) is 0.182. The fraction of sp³-hybridized carbons (Fsp3) is 0.312. The first-order valence-corrected chi connectivity index (χ1v) is 7.12. The fourth-order valence-corrected chi connectivity index (χ4v) is 2.57. The molecule has 1 aromatic heterocycles. The van der Waals surface area contributed by atoms with Crippen LogP contribution in [0.1, 0.15) is 33.7 Å². The molecule has 1 aliphatic rings. The van der Waals surface area contributed by atoms with Gasteiger partial charge in [0.25, 0.3) is 5.91 Å². The summed E-state index contributed by atoms with van der Waals surface area (Å²) in [5, 5.41) is 6.10. The van der Waals surface area contributed by atoms with E-state index in [0.717, 1.165) is 36.5 Å². The van der Waals surface area contributed by atoms with Gasteiger partial charge in [-0.15, -0.1) is 0 Å². The molecule has 108 valence electrons. The highest BCUT2D eigenvalue weighted by molar-refractivity contribution is 6.03. The lowest BCUT2D eigenvalue weighted by Gasteiger charge is -2.18. The van der Waals surface area contributed by atoms with E-state index >= 15 is 0 Å². The van der Waals surface area contributed by atoms with Crippen LogP contribution in [0, 0.1) is 13.8 Å². The lowest BCUT2D eigenvalue weighted by molar-refractivity contribution is 0.102. The van der Waals surface area contributed by atoms with Crippen LogP contribution in [0.3, 0.4) is 0 Å². The Morgan fingerprint density at radius 3 is 2.71 bits per heavy atom. The molecule has 0 saturated heterocycles. The molecule has 0 spiro atoms. The largest absolute Gasteiger partial charge is 0.385 e. The van der Waals surface area contributed by atoms with Crippen LogP contribution in [-0.4, -0.2) is 22.4 Å². The zero-order valence-electron chi connectivity index (χ0n) is 12.2. The van der Waals surface area contributed by atoms with Crippen LogP contribution in [0.15, 0.2) is 24.3 Å². The maximum absolute atomic E-state index is 12.3. The van der Waals surface area contributed by atoms with Crippen molar-refractivity contribution in [3.05, 3.63) is 46.8 Å². The second-order valence-electron chi connectivity index (χ2n) is 5.33. The number of carbonyl (C=O) groups excluding carboxylic acids is 1. The highest BCUT2D eigenvalue weighted by Crippen LogP contribution is 2.23. The second-order valence-corrected chi connectivity index (χ2v) is 5.33. The Hall–Kier alpha value is -2.43. The van der Waals surface area contributed by atoms with Crippen molar-refractivity contribution >= 4 is 17.5 Å². The Kier molecular flexibility index (Phi) is 3.56. The first kappa shape index (κ1) is 13.5. The van der Waals surface area contributed by atoms with Crippen LogP contribution in [0.5, 0.6) is 0 Å². The van der Waals surface area contributed by atoms with E-state index in [4.69, 9.17) is 0 Å². The van der Waals surface area contributed by atoms with Gasteiger partial charge in [0.05, 0.1) is 0 Å². The predicted molar refractivity (Wildman–Crippen MR) is 82.7 cm³/mol. The van der Waals surface area contributed by atoms with Crippen molar-refractivity contribution in [3.8, 4) is 0 Å². The summed E-state index contributed by atoms with van der Waals surface area (Å²) in [6, 6.07) is 7.61. The van der Waals surface area contributed by atoms with E-state index in [1.807, 2.05) is 38.1 Å². The third-order valence-corrected chi connectivity index (χ3v) is 3.51. The number of anilines is 2. The molecule has 0 fully saturated rings. The molecule has 3 rings (SSSR count). The number of fused-ring (bicyclic) bond motifs is 1. The van der Waals surface area contributed by atoms with Gasteiger partial charge in [-0.1, -0.05) is 0 Å². The van der Waals surface area contributed by atoms with Gasteiger partial charge >= 0.3 is 0 Å². The number of amides is 1. The van der Waals surface area contributed by atoms with Crippen molar-refractivity contribution in [2.24, 2.45) is 0 Å². The van der Waals surface area contributed by atoms with Crippen LogP contribution in [0.2, 0.25) is 0 Å². The normalized spacial score (nSPS) is 13.2. The number of carbonyl (C=O) groups is 1. The van der Waals surface area contributed by atoms with E-state index in [9.17, 15) is 4.79 Å². The van der Waals surface area contributed by atoms with E-state index in [0.29, 0.717) is 11.5 Å². The summed E-state index contributed by atoms with van der Waals surface area (Å²) < 4.78 is 0. The highest BCUT2D eigenvalue weighted by atomic mass is 16.1. The van der Waals surface area contributed by atoms with Crippen molar-refractivity contribution in [2.45, 2.75) is 26.7 Å². The van der Waals surface area contributed by atoms with Crippen LogP contribution in [-0.2, 0) is 6.42 Å². The van der Waals surface area contributed by atoms with Crippen molar-refractivity contribution in [2.75, 3.05) is 17.2 Å². The van der Waals surface area contributed by atoms with Gasteiger partial charge in [-0.25, -0.2) is 9.97 Å². The van der Waals surface area contributed by atoms with Gasteiger partial charge in [0, 0.05) is 29.2 Å². The molecule has 1 amide bonds. The molecule has 0 saturated carbocycles. The van der Waals surface area contributed by atoms with Crippen molar-refractivity contribution in [1.29, 1.82) is 0 Å². The van der Waals surface area contributed by atoms with E-state index in [-0.39, 0.29) is 5.91 Å². The molecule has 5 heteroatoms. The van der Waals surface area contributed by atoms with Gasteiger partial charge in [0.2, 0.25) is 5.95 Å². The van der Waals surface area contributed by atoms with Crippen molar-refractivity contribution < 1.29 is 4.79 Å². The number of aromatic nitrogens is 2. The summed E-state index contributed by atoms with van der Waals surface area (Å²) in [6.45, 7) is 4.76.